The third-order valence-corrected chi connectivity index (χ3v) is 6.16. The maximum Gasteiger partial charge on any atom is 0.358 e. The van der Waals surface area contributed by atoms with E-state index in [1.54, 1.807) is 25.1 Å². The number of pyridine rings is 1. The summed E-state index contributed by atoms with van der Waals surface area (Å²) in [4.78, 5) is 16.3. The summed E-state index contributed by atoms with van der Waals surface area (Å²) in [6.45, 7) is 11.8. The van der Waals surface area contributed by atoms with Crippen molar-refractivity contribution < 1.29 is 13.9 Å². The van der Waals surface area contributed by atoms with Crippen LogP contribution in [-0.2, 0) is 4.74 Å². The molecule has 139 valence electrons. The molecule has 0 aliphatic rings. The van der Waals surface area contributed by atoms with Crippen LogP contribution in [0.5, 0.6) is 0 Å². The minimum atomic E-state index is -1.79. The molecule has 0 saturated heterocycles. The Morgan fingerprint density at radius 2 is 1.96 bits per heavy atom. The van der Waals surface area contributed by atoms with E-state index in [1.807, 2.05) is 0 Å². The van der Waals surface area contributed by atoms with Crippen LogP contribution in [0, 0.1) is 5.82 Å². The van der Waals surface area contributed by atoms with Crippen molar-refractivity contribution in [2.45, 2.75) is 26.6 Å². The Bertz CT molecular complexity index is 879. The fourth-order valence-electron chi connectivity index (χ4n) is 2.51. The van der Waals surface area contributed by atoms with Crippen LogP contribution < -0.4 is 10.5 Å². The molecule has 0 fully saturated rings. The molecule has 0 unspecified atom stereocenters. The van der Waals surface area contributed by atoms with E-state index >= 15 is 0 Å². The number of nitrogens with one attached hydrogen (secondary N) is 1. The first kappa shape index (κ1) is 20.1. The van der Waals surface area contributed by atoms with Crippen LogP contribution in [0.25, 0.3) is 11.3 Å². The predicted octanol–water partition coefficient (Wildman–Crippen LogP) is 4.82. The number of carbonyl (C=O) groups excluding carboxylic acids is 1. The normalized spacial score (nSPS) is 11.2. The van der Waals surface area contributed by atoms with Crippen molar-refractivity contribution in [1.82, 2.24) is 4.98 Å². The maximum atomic E-state index is 14.6. The van der Waals surface area contributed by atoms with E-state index in [0.717, 1.165) is 5.19 Å². The molecule has 1 aromatic heterocycles. The van der Waals surface area contributed by atoms with Crippen LogP contribution in [0.3, 0.4) is 0 Å². The molecule has 0 spiro atoms. The van der Waals surface area contributed by atoms with Gasteiger partial charge in [-0.3, -0.25) is 0 Å². The highest BCUT2D eigenvalue weighted by atomic mass is 35.5. The number of esters is 1. The van der Waals surface area contributed by atoms with Crippen molar-refractivity contribution in [1.29, 1.82) is 0 Å². The molecule has 0 aliphatic heterocycles. The highest BCUT2D eigenvalue weighted by Gasteiger charge is 2.19. The molecule has 1 heterocycles. The molecular formula is C19H22ClFN2O2Si-. The quantitative estimate of drug-likeness (QED) is 0.585. The molecule has 0 radical (unpaired) electrons. The van der Waals surface area contributed by atoms with Gasteiger partial charge in [0.2, 0.25) is 0 Å². The number of allylic oxidation sites excluding steroid dienone is 1. The first-order valence-corrected chi connectivity index (χ1v) is 11.9. The Hall–Kier alpha value is -2.18. The van der Waals surface area contributed by atoms with Crippen LogP contribution in [0.1, 0.15) is 17.4 Å². The molecule has 1 aromatic carbocycles. The molecule has 4 nitrogen and oxygen atoms in total. The molecule has 2 rings (SSSR count). The van der Waals surface area contributed by atoms with E-state index in [-0.39, 0.29) is 16.5 Å². The van der Waals surface area contributed by atoms with E-state index in [0.29, 0.717) is 22.6 Å². The average molecular weight is 393 g/mol. The third-order valence-electron chi connectivity index (χ3n) is 3.76. The number of halogens is 2. The van der Waals surface area contributed by atoms with E-state index in [4.69, 9.17) is 16.3 Å². The van der Waals surface area contributed by atoms with Crippen LogP contribution in [0.4, 0.5) is 10.1 Å². The minimum Gasteiger partial charge on any atom is -0.464 e. The lowest BCUT2D eigenvalue weighted by Gasteiger charge is -2.29. The van der Waals surface area contributed by atoms with Crippen molar-refractivity contribution in [3.05, 3.63) is 53.1 Å². The number of carbonyl (C=O) groups is 1. The number of ether oxygens (including phenoxy) is 1. The smallest absolute Gasteiger partial charge is 0.358 e. The fraction of sp³-hybridized carbons (Fsp3) is 0.263. The average Bonchev–Trinajstić information content (AvgIpc) is 2.54. The van der Waals surface area contributed by atoms with Crippen LogP contribution in [-0.4, -0.2) is 26.1 Å². The van der Waals surface area contributed by atoms with Gasteiger partial charge in [0.15, 0.2) is 5.69 Å². The molecule has 0 atom stereocenters. The zero-order chi connectivity index (χ0) is 19.6. The molecule has 0 bridgehead atoms. The summed E-state index contributed by atoms with van der Waals surface area (Å²) < 4.78 is 19.4. The first-order chi connectivity index (χ1) is 12.0. The SMILES string of the molecule is C=C(C)Nc1cc(-c2ccc([Si-](C)(C)C)c(F)c2)nc(C(=O)OC)c1Cl. The largest absolute Gasteiger partial charge is 0.464 e. The molecule has 1 N–H and O–H groups in total. The van der Waals surface area contributed by atoms with Gasteiger partial charge in [0.05, 0.1) is 29.3 Å². The van der Waals surface area contributed by atoms with Gasteiger partial charge in [-0.25, -0.2) is 14.2 Å². The van der Waals surface area contributed by atoms with Gasteiger partial charge in [-0.15, -0.1) is 13.3 Å². The Kier molecular flexibility index (Phi) is 5.88. The Balaban J connectivity index is 2.63. The lowest BCUT2D eigenvalue weighted by atomic mass is 10.1. The molecule has 26 heavy (non-hydrogen) atoms. The number of methoxy groups -OCH3 is 1. The van der Waals surface area contributed by atoms with Crippen LogP contribution in [0.15, 0.2) is 36.5 Å². The predicted molar refractivity (Wildman–Crippen MR) is 107 cm³/mol. The monoisotopic (exact) mass is 392 g/mol. The van der Waals surface area contributed by atoms with Gasteiger partial charge in [0.25, 0.3) is 0 Å². The number of rotatable bonds is 5. The number of hydrogen-bond donors (Lipinski definition) is 1. The third kappa shape index (κ3) is 4.31. The van der Waals surface area contributed by atoms with Gasteiger partial charge in [-0.05, 0) is 19.1 Å². The highest BCUT2D eigenvalue weighted by molar-refractivity contribution is 6.88. The summed E-state index contributed by atoms with van der Waals surface area (Å²) in [6.07, 6.45) is 0. The van der Waals surface area contributed by atoms with Gasteiger partial charge in [0, 0.05) is 11.3 Å². The highest BCUT2D eigenvalue weighted by Crippen LogP contribution is 2.31. The van der Waals surface area contributed by atoms with E-state index < -0.39 is 14.0 Å². The molecule has 0 aliphatic carbocycles. The first-order valence-electron chi connectivity index (χ1n) is 8.06. The van der Waals surface area contributed by atoms with Gasteiger partial charge >= 0.3 is 5.97 Å². The Morgan fingerprint density at radius 1 is 1.31 bits per heavy atom. The van der Waals surface area contributed by atoms with Gasteiger partial charge in [-0.1, -0.05) is 30.3 Å². The van der Waals surface area contributed by atoms with E-state index in [1.165, 1.54) is 13.2 Å². The molecule has 2 aromatic rings. The lowest BCUT2D eigenvalue weighted by molar-refractivity contribution is 0.0594. The topological polar surface area (TPSA) is 51.2 Å². The van der Waals surface area contributed by atoms with Crippen LogP contribution >= 0.6 is 11.6 Å². The Labute approximate surface area is 159 Å². The number of benzene rings is 1. The fourth-order valence-corrected chi connectivity index (χ4v) is 4.11. The van der Waals surface area contributed by atoms with Gasteiger partial charge in [-0.2, -0.15) is 19.6 Å². The van der Waals surface area contributed by atoms with E-state index in [2.05, 4.69) is 36.5 Å². The van der Waals surface area contributed by atoms with Crippen molar-refractivity contribution >= 4 is 36.5 Å². The van der Waals surface area contributed by atoms with E-state index in [9.17, 15) is 9.18 Å². The molecule has 0 saturated carbocycles. The van der Waals surface area contributed by atoms with Gasteiger partial charge in [0.1, 0.15) is 0 Å². The number of aromatic nitrogens is 1. The number of nitrogens with zero attached hydrogens (tertiary/aromatic N) is 1. The summed E-state index contributed by atoms with van der Waals surface area (Å²) in [5, 5.41) is 3.86. The summed E-state index contributed by atoms with van der Waals surface area (Å²) in [5.41, 5.74) is 2.03. The second-order valence-electron chi connectivity index (χ2n) is 7.06. The summed E-state index contributed by atoms with van der Waals surface area (Å²) in [5.74, 6) is -0.937. The van der Waals surface area contributed by atoms with Crippen molar-refractivity contribution in [3.63, 3.8) is 0 Å². The lowest BCUT2D eigenvalue weighted by Crippen LogP contribution is -2.39. The second-order valence-corrected chi connectivity index (χ2v) is 12.5. The number of hydrogen-bond acceptors (Lipinski definition) is 4. The zero-order valence-corrected chi connectivity index (χ0v) is 17.3. The second kappa shape index (κ2) is 7.59. The van der Waals surface area contributed by atoms with Crippen LogP contribution in [0.2, 0.25) is 24.7 Å². The minimum absolute atomic E-state index is 0.0369. The van der Waals surface area contributed by atoms with Gasteiger partial charge < -0.3 is 10.1 Å². The molecular weight excluding hydrogens is 371 g/mol. The molecule has 7 heteroatoms. The maximum absolute atomic E-state index is 14.6. The van der Waals surface area contributed by atoms with Crippen molar-refractivity contribution in [2.75, 3.05) is 12.4 Å². The standard InChI is InChI=1S/C19H22ClFN2O2Si/c1-11(2)22-15-10-14(23-18(17(15)20)19(24)25-3)12-7-8-16(13(21)9-12)26(4,5)6/h7-10H,1H2,2-6H3,(H,22,23)/q-1. The molecule has 0 amide bonds. The number of anilines is 1. The zero-order valence-electron chi connectivity index (χ0n) is 15.5. The Morgan fingerprint density at radius 3 is 2.46 bits per heavy atom. The summed E-state index contributed by atoms with van der Waals surface area (Å²) in [6, 6.07) is 6.69. The summed E-state index contributed by atoms with van der Waals surface area (Å²) in [7, 11) is -0.541. The summed E-state index contributed by atoms with van der Waals surface area (Å²) >= 11 is 6.27. The van der Waals surface area contributed by atoms with Crippen molar-refractivity contribution in [2.24, 2.45) is 0 Å². The van der Waals surface area contributed by atoms with Crippen molar-refractivity contribution in [3.8, 4) is 11.3 Å².